The number of nitrogens with one attached hydrogen (secondary N) is 4. The molecule has 16 fully saturated rings. The number of carbonyl (C=O) groups is 2. The van der Waals surface area contributed by atoms with E-state index < -0.39 is 45.6 Å². The second kappa shape index (κ2) is 30.4. The molecule has 3 aromatic carbocycles. The van der Waals surface area contributed by atoms with Crippen LogP contribution in [0.25, 0.3) is 27.5 Å². The van der Waals surface area contributed by atoms with Crippen molar-refractivity contribution in [3.05, 3.63) is 182 Å². The summed E-state index contributed by atoms with van der Waals surface area (Å²) in [5.41, 5.74) is 7.62. The van der Waals surface area contributed by atoms with Gasteiger partial charge in [0.05, 0.1) is 106 Å². The lowest BCUT2D eigenvalue weighted by Gasteiger charge is -2.63. The Morgan fingerprint density at radius 1 is 0.435 bits per heavy atom. The standard InChI is InChI=1S/C27H31N5O3.C26H29N7O.C25H26FN7O.C24H25FN8O2/c1-15-6-22-19(4-5-35-22)8-20(15)29-25-28-13-21-23(30-25)32(16(2)31(21)3)27-11-17-7-18(12-27)10-26(9-17,14-27)24(33)34;1-15-6-21-19(4-5-28-31-21)8-20(15)29-24-27-13-22-23(30-24)33(16(2)32(22)3)25-9-17-7-18(10-25)12-26(34,11-17)14-25;1-14-32(2)21-12-27-23(29-20-6-17-3-4-28-31-19(17)7-18(20)26)30-22(21)33(14)24-8-15-5-16(9-24)11-25(34,10-15)13-24;1-13-31(2)18-9-26-22(29-17-10-32-19(4-16(17)25)27-12-28-32)30-20(18)33(13)24-7-14-3-15(8-24)6-23(5-14,11-24)21(34)35/h6,8,13,17-18H,2,4-5,7,9-12,14H2,1,3H3,(H,33,34)(H,28,29,30);4-6,8,13,17-18,34H,2,7,9-12,14H2,1,3H3,(H,27,29,30);3-4,6-7,12,15-16,34H,1,5,8-11,13H2,2H3,(H,27,29,30);4,9-10,12,14-15H,1,3,5-8,11H2,2H3,(H,34,35)(H,26,29,30). The highest BCUT2D eigenvalue weighted by Gasteiger charge is 2.68. The van der Waals surface area contributed by atoms with Gasteiger partial charge >= 0.3 is 11.9 Å². The molecule has 11 aromatic rings. The molecule has 8 unspecified atom stereocenters. The van der Waals surface area contributed by atoms with Crippen molar-refractivity contribution in [2.24, 2.45) is 58.2 Å². The van der Waals surface area contributed by atoms with E-state index in [-0.39, 0.29) is 39.5 Å². The van der Waals surface area contributed by atoms with Crippen LogP contribution in [0.1, 0.15) is 171 Å². The molecule has 138 heavy (non-hydrogen) atoms. The van der Waals surface area contributed by atoms with Crippen molar-refractivity contribution in [3.8, 4) is 5.75 Å². The first kappa shape index (κ1) is 86.0. The Morgan fingerprint density at radius 3 is 1.20 bits per heavy atom. The first-order valence-corrected chi connectivity index (χ1v) is 48.5. The molecule has 21 aliphatic rings. The summed E-state index contributed by atoms with van der Waals surface area (Å²) in [7, 11) is 7.91. The van der Waals surface area contributed by atoms with Crippen molar-refractivity contribution in [1.82, 2.24) is 74.9 Å². The Labute approximate surface area is 795 Å². The van der Waals surface area contributed by atoms with Crippen LogP contribution >= 0.6 is 0 Å². The summed E-state index contributed by atoms with van der Waals surface area (Å²) < 4.78 is 36.6. The Morgan fingerprint density at radius 2 is 0.790 bits per heavy atom. The number of carboxylic acid groups (broad SMARTS) is 2. The van der Waals surface area contributed by atoms with E-state index in [0.29, 0.717) is 95.0 Å². The Hall–Kier alpha value is -13.6. The number of aliphatic carboxylic acids is 2. The fourth-order valence-corrected chi connectivity index (χ4v) is 30.5. The molecule has 8 atom stereocenters. The third-order valence-corrected chi connectivity index (χ3v) is 34.6. The van der Waals surface area contributed by atoms with E-state index in [1.165, 1.54) is 47.6 Å². The zero-order valence-corrected chi connectivity index (χ0v) is 78.2. The van der Waals surface area contributed by atoms with E-state index in [4.69, 9.17) is 24.7 Å². The maximum Gasteiger partial charge on any atom is 0.309 e. The highest BCUT2D eigenvalue weighted by atomic mass is 19.1. The average molecular weight is 1870 g/mol. The molecule has 5 aliphatic heterocycles. The second-order valence-electron chi connectivity index (χ2n) is 43.9. The number of aliphatic hydroxyl groups is 2. The van der Waals surface area contributed by atoms with Gasteiger partial charge in [0.15, 0.2) is 34.7 Å². The van der Waals surface area contributed by atoms with Gasteiger partial charge in [0.2, 0.25) is 23.8 Å². The second-order valence-corrected chi connectivity index (χ2v) is 43.9. The van der Waals surface area contributed by atoms with Crippen molar-refractivity contribution in [3.63, 3.8) is 0 Å². The number of anilines is 16. The number of nitrogens with zero attached hydrogens (tertiary/aromatic N) is 23. The number of fused-ring (bicyclic) bond motifs is 8. The van der Waals surface area contributed by atoms with Gasteiger partial charge in [0, 0.05) is 80.0 Å². The van der Waals surface area contributed by atoms with Gasteiger partial charge in [-0.3, -0.25) is 9.59 Å². The van der Waals surface area contributed by atoms with Crippen LogP contribution < -0.4 is 65.2 Å². The predicted octanol–water partition coefficient (Wildman–Crippen LogP) is 16.6. The number of halogens is 2. The molecule has 0 spiro atoms. The minimum absolute atomic E-state index is 0.126. The molecule has 16 bridgehead atoms. The SMILES string of the molecule is C=C1N(C)c2cnc(Nc3cc4c(cc3C)OCC4)nc2N1C12CC3CC(CC(C(=O)O)(C3)C1)C2.C=C1N(C)c2cnc(Nc3cc4ccnnc4cc3C)nc2N1C12CC3CC(CC(O)(C3)C1)C2.C=C1N(C)c2cnc(Nc3cc4ccnnc4cc3F)nc2N1C12CC3CC(CC(O)(C3)C1)C2.C=C1N(C)c2cnc(Nc3cn4ncnc4cc3F)nc2N1C12CC3CC(CC(C(=O)O)(C3)C1)C2. The summed E-state index contributed by atoms with van der Waals surface area (Å²) >= 11 is 0. The van der Waals surface area contributed by atoms with Crippen molar-refractivity contribution in [1.29, 1.82) is 0 Å². The van der Waals surface area contributed by atoms with Crippen molar-refractivity contribution < 1.29 is 43.5 Å². The van der Waals surface area contributed by atoms with Crippen LogP contribution in [0.3, 0.4) is 0 Å². The van der Waals surface area contributed by atoms with Crippen molar-refractivity contribution >= 4 is 132 Å². The summed E-state index contributed by atoms with van der Waals surface area (Å²) in [6, 6.07) is 16.4. The third-order valence-electron chi connectivity index (χ3n) is 34.6. The lowest BCUT2D eigenvalue weighted by molar-refractivity contribution is -0.167. The summed E-state index contributed by atoms with van der Waals surface area (Å²) in [4.78, 5) is 83.9. The average Bonchev–Trinajstić information content (AvgIpc) is 1.52. The molecule has 34 nitrogen and oxygen atoms in total. The zero-order chi connectivity index (χ0) is 94.7. The lowest BCUT2D eigenvalue weighted by atomic mass is 9.46. The molecule has 16 saturated carbocycles. The zero-order valence-electron chi connectivity index (χ0n) is 78.2. The molecule has 36 heteroatoms. The molecular weight excluding hydrogens is 1750 g/mol. The first-order valence-electron chi connectivity index (χ1n) is 48.5. The molecule has 8 N–H and O–H groups in total. The van der Waals surface area contributed by atoms with E-state index in [0.717, 1.165) is 249 Å². The lowest BCUT2D eigenvalue weighted by Crippen LogP contribution is -2.65. The van der Waals surface area contributed by atoms with Crippen LogP contribution in [0.5, 0.6) is 5.75 Å². The van der Waals surface area contributed by atoms with Gasteiger partial charge in [-0.05, 0) is 274 Å². The number of hydrogen-bond donors (Lipinski definition) is 8. The highest BCUT2D eigenvalue weighted by Crippen LogP contribution is 2.70. The molecule has 710 valence electrons. The number of aryl methyl sites for hydroxylation is 2. The van der Waals surface area contributed by atoms with Gasteiger partial charge in [0.25, 0.3) is 0 Å². The minimum Gasteiger partial charge on any atom is -0.493 e. The number of rotatable bonds is 14. The molecule has 13 heterocycles. The van der Waals surface area contributed by atoms with E-state index in [9.17, 15) is 38.8 Å². The summed E-state index contributed by atoms with van der Waals surface area (Å²) in [6.45, 7) is 22.4. The monoisotopic (exact) mass is 1860 g/mol. The van der Waals surface area contributed by atoms with Crippen molar-refractivity contribution in [2.75, 3.05) is 95.3 Å². The fourth-order valence-electron chi connectivity index (χ4n) is 30.5. The minimum atomic E-state index is -0.684. The number of aromatic nitrogens is 15. The quantitative estimate of drug-likeness (QED) is 0.0501. The van der Waals surface area contributed by atoms with Crippen LogP contribution in [0.4, 0.5) is 101 Å². The number of ether oxygens (including phenoxy) is 1. The normalized spacial score (nSPS) is 31.4. The van der Waals surface area contributed by atoms with E-state index in [2.05, 4.69) is 148 Å². The van der Waals surface area contributed by atoms with Gasteiger partial charge < -0.3 is 85.6 Å². The molecule has 0 saturated heterocycles. The first-order chi connectivity index (χ1) is 66.2. The van der Waals surface area contributed by atoms with Gasteiger partial charge in [0.1, 0.15) is 63.9 Å². The highest BCUT2D eigenvalue weighted by molar-refractivity contribution is 5.89. The van der Waals surface area contributed by atoms with Gasteiger partial charge in [-0.15, -0.1) is 0 Å². The fraction of sp³-hybridized carbons (Fsp3) is 0.471. The Kier molecular flexibility index (Phi) is 19.0. The number of benzene rings is 3. The topological polar surface area (TPSA) is 383 Å². The predicted molar refractivity (Wildman–Crippen MR) is 518 cm³/mol. The molecule has 16 aliphatic carbocycles. The summed E-state index contributed by atoms with van der Waals surface area (Å²) in [5, 5.41) is 77.9. The van der Waals surface area contributed by atoms with Crippen LogP contribution in [0, 0.1) is 83.7 Å². The molecule has 32 rings (SSSR count). The van der Waals surface area contributed by atoms with Gasteiger partial charge in [-0.1, -0.05) is 26.3 Å². The van der Waals surface area contributed by atoms with E-state index >= 15 is 0 Å². The molecule has 8 aromatic heterocycles. The third kappa shape index (κ3) is 13.6. The molecule has 0 amide bonds. The number of carboxylic acids is 2. The molecular formula is C102H111F2N27O7. The maximum atomic E-state index is 14.8. The van der Waals surface area contributed by atoms with Gasteiger partial charge in [-0.2, -0.15) is 45.4 Å². The van der Waals surface area contributed by atoms with E-state index in [1.54, 1.807) is 36.9 Å². The number of pyridine rings is 1. The van der Waals surface area contributed by atoms with Crippen molar-refractivity contribution in [2.45, 2.75) is 208 Å². The Balaban J connectivity index is 0.0000000975. The van der Waals surface area contributed by atoms with E-state index in [1.807, 2.05) is 74.3 Å². The Bertz CT molecular complexity index is 6810. The van der Waals surface area contributed by atoms with Crippen LogP contribution in [-0.4, -0.2) is 175 Å². The smallest absolute Gasteiger partial charge is 0.309 e. The summed E-state index contributed by atoms with van der Waals surface area (Å²) in [6.07, 6.45) is 36.6. The maximum absolute atomic E-state index is 14.8. The van der Waals surface area contributed by atoms with Gasteiger partial charge in [-0.25, -0.2) is 38.2 Å². The van der Waals surface area contributed by atoms with Crippen LogP contribution in [0.2, 0.25) is 0 Å². The van der Waals surface area contributed by atoms with Crippen LogP contribution in [-0.2, 0) is 16.0 Å². The summed E-state index contributed by atoms with van der Waals surface area (Å²) in [5.74, 6) is 10.8. The van der Waals surface area contributed by atoms with Crippen LogP contribution in [0.15, 0.2) is 154 Å². The largest absolute Gasteiger partial charge is 0.493 e. The number of hydrogen-bond acceptors (Lipinski definition) is 31. The molecule has 0 radical (unpaired) electrons.